The lowest BCUT2D eigenvalue weighted by Crippen LogP contribution is -2.50. The number of ether oxygens (including phenoxy) is 1. The van der Waals surface area contributed by atoms with E-state index in [0.717, 1.165) is 25.7 Å². The Morgan fingerprint density at radius 2 is 2.00 bits per heavy atom. The molecular formula is C11H20N2O2. The van der Waals surface area contributed by atoms with Crippen LogP contribution >= 0.6 is 0 Å². The number of methoxy groups -OCH3 is 1. The lowest BCUT2D eigenvalue weighted by molar-refractivity contribution is -0.145. The molecule has 0 aromatic carbocycles. The second-order valence-electron chi connectivity index (χ2n) is 4.52. The third-order valence-electron chi connectivity index (χ3n) is 3.72. The van der Waals surface area contributed by atoms with Crippen LogP contribution in [0.15, 0.2) is 0 Å². The van der Waals surface area contributed by atoms with Gasteiger partial charge in [0.1, 0.15) is 6.10 Å². The first-order chi connectivity index (χ1) is 7.27. The second-order valence-corrected chi connectivity index (χ2v) is 4.52. The summed E-state index contributed by atoms with van der Waals surface area (Å²) in [6, 6.07) is 0.917. The minimum Gasteiger partial charge on any atom is -0.370 e. The third-order valence-corrected chi connectivity index (χ3v) is 3.72. The molecule has 3 atom stereocenters. The fourth-order valence-electron chi connectivity index (χ4n) is 2.94. The van der Waals surface area contributed by atoms with Crippen LogP contribution in [0.1, 0.15) is 32.1 Å². The van der Waals surface area contributed by atoms with Crippen LogP contribution in [0.4, 0.5) is 0 Å². The molecular weight excluding hydrogens is 192 g/mol. The van der Waals surface area contributed by atoms with E-state index in [-0.39, 0.29) is 12.5 Å². The van der Waals surface area contributed by atoms with Crippen molar-refractivity contribution in [2.45, 2.75) is 50.3 Å². The van der Waals surface area contributed by atoms with Crippen LogP contribution in [-0.2, 0) is 9.53 Å². The fraction of sp³-hybridized carbons (Fsp3) is 0.909. The molecule has 3 unspecified atom stereocenters. The first-order valence-corrected chi connectivity index (χ1v) is 5.83. The van der Waals surface area contributed by atoms with E-state index in [1.807, 2.05) is 4.90 Å². The highest BCUT2D eigenvalue weighted by Gasteiger charge is 2.41. The molecule has 0 aromatic rings. The molecule has 2 saturated heterocycles. The first kappa shape index (κ1) is 10.9. The second kappa shape index (κ2) is 4.49. The van der Waals surface area contributed by atoms with Gasteiger partial charge in [-0.15, -0.1) is 0 Å². The van der Waals surface area contributed by atoms with Crippen molar-refractivity contribution < 1.29 is 9.53 Å². The Morgan fingerprint density at radius 1 is 1.40 bits per heavy atom. The van der Waals surface area contributed by atoms with E-state index in [2.05, 4.69) is 0 Å². The normalized spacial score (nSPS) is 31.7. The quantitative estimate of drug-likeness (QED) is 0.741. The lowest BCUT2D eigenvalue weighted by Gasteiger charge is -2.36. The summed E-state index contributed by atoms with van der Waals surface area (Å²) >= 11 is 0. The summed E-state index contributed by atoms with van der Waals surface area (Å²) in [4.78, 5) is 14.2. The molecule has 4 heteroatoms. The van der Waals surface area contributed by atoms with Gasteiger partial charge in [-0.1, -0.05) is 0 Å². The summed E-state index contributed by atoms with van der Waals surface area (Å²) in [7, 11) is 1.56. The molecule has 2 aliphatic rings. The van der Waals surface area contributed by atoms with Gasteiger partial charge in [-0.05, 0) is 32.1 Å². The summed E-state index contributed by atoms with van der Waals surface area (Å²) in [5.41, 5.74) is 5.53. The highest BCUT2D eigenvalue weighted by atomic mass is 16.5. The van der Waals surface area contributed by atoms with Crippen molar-refractivity contribution in [3.8, 4) is 0 Å². The largest absolute Gasteiger partial charge is 0.370 e. The van der Waals surface area contributed by atoms with E-state index in [0.29, 0.717) is 12.1 Å². The summed E-state index contributed by atoms with van der Waals surface area (Å²) in [6.07, 6.45) is 5.46. The summed E-state index contributed by atoms with van der Waals surface area (Å²) < 4.78 is 5.12. The van der Waals surface area contributed by atoms with Gasteiger partial charge in [-0.3, -0.25) is 4.79 Å². The molecule has 2 rings (SSSR count). The number of hydrogen-bond donors (Lipinski definition) is 1. The van der Waals surface area contributed by atoms with Gasteiger partial charge >= 0.3 is 0 Å². The monoisotopic (exact) mass is 212 g/mol. The fourth-order valence-corrected chi connectivity index (χ4v) is 2.94. The smallest absolute Gasteiger partial charge is 0.253 e. The molecule has 0 aromatic heterocycles. The number of carbonyl (C=O) groups excluding carboxylic acids is 1. The van der Waals surface area contributed by atoms with Crippen LogP contribution in [0.2, 0.25) is 0 Å². The van der Waals surface area contributed by atoms with Crippen LogP contribution in [0.3, 0.4) is 0 Å². The highest BCUT2D eigenvalue weighted by Crippen LogP contribution is 2.35. The zero-order valence-electron chi connectivity index (χ0n) is 9.32. The van der Waals surface area contributed by atoms with Crippen molar-refractivity contribution in [2.24, 2.45) is 5.73 Å². The number of piperidine rings is 1. The predicted octanol–water partition coefficient (Wildman–Crippen LogP) is 0.504. The molecule has 2 heterocycles. The van der Waals surface area contributed by atoms with Gasteiger partial charge in [0.05, 0.1) is 0 Å². The molecule has 4 nitrogen and oxygen atoms in total. The Labute approximate surface area is 90.8 Å². The first-order valence-electron chi connectivity index (χ1n) is 5.83. The Bertz CT molecular complexity index is 225. The molecule has 0 saturated carbocycles. The molecule has 2 N–H and O–H groups in total. The number of hydrogen-bond acceptors (Lipinski definition) is 3. The molecule has 2 aliphatic heterocycles. The average molecular weight is 212 g/mol. The minimum absolute atomic E-state index is 0.104. The number of nitrogens with zero attached hydrogens (tertiary/aromatic N) is 1. The number of carbonyl (C=O) groups is 1. The zero-order valence-corrected chi connectivity index (χ0v) is 9.32. The van der Waals surface area contributed by atoms with Crippen molar-refractivity contribution in [3.05, 3.63) is 0 Å². The van der Waals surface area contributed by atoms with Crippen LogP contribution in [0.5, 0.6) is 0 Å². The average Bonchev–Trinajstić information content (AvgIpc) is 2.50. The van der Waals surface area contributed by atoms with E-state index in [9.17, 15) is 4.79 Å². The summed E-state index contributed by atoms with van der Waals surface area (Å²) in [5, 5.41) is 0. The van der Waals surface area contributed by atoms with Gasteiger partial charge in [0.25, 0.3) is 5.91 Å². The summed E-state index contributed by atoms with van der Waals surface area (Å²) in [5.74, 6) is 0.104. The van der Waals surface area contributed by atoms with Crippen molar-refractivity contribution in [1.29, 1.82) is 0 Å². The third kappa shape index (κ3) is 1.88. The SMILES string of the molecule is COC(CN)C(=O)N1C2CCCC1CC2. The maximum Gasteiger partial charge on any atom is 0.253 e. The maximum atomic E-state index is 12.1. The Balaban J connectivity index is 2.06. The molecule has 2 bridgehead atoms. The van der Waals surface area contributed by atoms with Crippen LogP contribution in [-0.4, -0.2) is 42.6 Å². The van der Waals surface area contributed by atoms with Gasteiger partial charge in [-0.2, -0.15) is 0 Å². The molecule has 2 fully saturated rings. The van der Waals surface area contributed by atoms with Crippen molar-refractivity contribution in [3.63, 3.8) is 0 Å². The molecule has 0 spiro atoms. The zero-order chi connectivity index (χ0) is 10.8. The predicted molar refractivity (Wildman–Crippen MR) is 57.4 cm³/mol. The van der Waals surface area contributed by atoms with Crippen LogP contribution in [0, 0.1) is 0 Å². The van der Waals surface area contributed by atoms with Gasteiger partial charge in [0, 0.05) is 25.7 Å². The molecule has 0 aliphatic carbocycles. The topological polar surface area (TPSA) is 55.6 Å². The van der Waals surface area contributed by atoms with E-state index in [4.69, 9.17) is 10.5 Å². The van der Waals surface area contributed by atoms with Crippen molar-refractivity contribution in [2.75, 3.05) is 13.7 Å². The van der Waals surface area contributed by atoms with E-state index in [1.165, 1.54) is 6.42 Å². The Hall–Kier alpha value is -0.610. The minimum atomic E-state index is -0.439. The van der Waals surface area contributed by atoms with E-state index in [1.54, 1.807) is 7.11 Å². The van der Waals surface area contributed by atoms with Crippen molar-refractivity contribution in [1.82, 2.24) is 4.90 Å². The van der Waals surface area contributed by atoms with Crippen LogP contribution in [0.25, 0.3) is 0 Å². The van der Waals surface area contributed by atoms with E-state index < -0.39 is 6.10 Å². The molecule has 15 heavy (non-hydrogen) atoms. The molecule has 1 amide bonds. The van der Waals surface area contributed by atoms with Crippen LogP contribution < -0.4 is 5.73 Å². The van der Waals surface area contributed by atoms with Gasteiger partial charge in [0.2, 0.25) is 0 Å². The maximum absolute atomic E-state index is 12.1. The van der Waals surface area contributed by atoms with Gasteiger partial charge in [0.15, 0.2) is 0 Å². The number of nitrogens with two attached hydrogens (primary N) is 1. The van der Waals surface area contributed by atoms with Crippen molar-refractivity contribution >= 4 is 5.91 Å². The standard InChI is InChI=1S/C11H20N2O2/c1-15-10(7-12)11(14)13-8-3-2-4-9(13)6-5-8/h8-10H,2-7,12H2,1H3. The Kier molecular flexibility index (Phi) is 3.26. The molecule has 0 radical (unpaired) electrons. The van der Waals surface area contributed by atoms with Gasteiger partial charge < -0.3 is 15.4 Å². The Morgan fingerprint density at radius 3 is 2.47 bits per heavy atom. The van der Waals surface area contributed by atoms with Gasteiger partial charge in [-0.25, -0.2) is 0 Å². The lowest BCUT2D eigenvalue weighted by atomic mass is 10.0. The highest BCUT2D eigenvalue weighted by molar-refractivity contribution is 5.82. The number of amides is 1. The number of fused-ring (bicyclic) bond motifs is 2. The summed E-state index contributed by atoms with van der Waals surface area (Å²) in [6.45, 7) is 0.283. The van der Waals surface area contributed by atoms with E-state index >= 15 is 0 Å². The number of rotatable bonds is 3. The molecule has 86 valence electrons.